The Morgan fingerprint density at radius 2 is 1.79 bits per heavy atom. The largest absolute Gasteiger partial charge is 0.489 e. The summed E-state index contributed by atoms with van der Waals surface area (Å²) in [6.07, 6.45) is 0. The Bertz CT molecular complexity index is 1440. The molecule has 7 heteroatoms. The Balaban J connectivity index is 1.46. The van der Waals surface area contributed by atoms with Gasteiger partial charge in [-0.1, -0.05) is 50.1 Å². The molecule has 1 saturated heterocycles. The van der Waals surface area contributed by atoms with Crippen LogP contribution in [0.4, 0.5) is 0 Å². The molecule has 174 valence electrons. The maximum Gasteiger partial charge on any atom is 0.194 e. The molecule has 3 aromatic carbocycles. The highest BCUT2D eigenvalue weighted by Crippen LogP contribution is 2.39. The number of ether oxygens (including phenoxy) is 2. The molecule has 0 radical (unpaired) electrons. The third-order valence-electron chi connectivity index (χ3n) is 6.92. The second-order valence-corrected chi connectivity index (χ2v) is 10.8. The predicted molar refractivity (Wildman–Crippen MR) is 141 cm³/mol. The molecular formula is C27H24Br2N2O3. The molecule has 1 atom stereocenters. The van der Waals surface area contributed by atoms with E-state index in [1.165, 1.54) is 0 Å². The number of hydrogen-bond acceptors (Lipinski definition) is 4. The summed E-state index contributed by atoms with van der Waals surface area (Å²) < 4.78 is 16.0. The number of fused-ring (bicyclic) bond motifs is 1. The van der Waals surface area contributed by atoms with Crippen LogP contribution in [0.3, 0.4) is 0 Å². The Kier molecular flexibility index (Phi) is 5.76. The van der Waals surface area contributed by atoms with Crippen molar-refractivity contribution >= 4 is 59.3 Å². The fourth-order valence-corrected chi connectivity index (χ4v) is 6.71. The molecule has 0 bridgehead atoms. The van der Waals surface area contributed by atoms with Crippen LogP contribution >= 0.6 is 31.9 Å². The lowest BCUT2D eigenvalue weighted by molar-refractivity contribution is 0.0272. The Morgan fingerprint density at radius 3 is 2.62 bits per heavy atom. The quantitative estimate of drug-likeness (QED) is 0.271. The number of aryl methyl sites for hydroxylation is 1. The first-order valence-corrected chi connectivity index (χ1v) is 13.1. The lowest BCUT2D eigenvalue weighted by Crippen LogP contribution is -2.42. The van der Waals surface area contributed by atoms with Gasteiger partial charge in [-0.05, 0) is 48.0 Å². The minimum absolute atomic E-state index is 0.0228. The van der Waals surface area contributed by atoms with Crippen LogP contribution in [0.15, 0.2) is 57.5 Å². The van der Waals surface area contributed by atoms with Crippen molar-refractivity contribution in [2.75, 3.05) is 39.5 Å². The molecule has 2 aliphatic rings. The lowest BCUT2D eigenvalue weighted by Gasteiger charge is -2.34. The third-order valence-corrected chi connectivity index (χ3v) is 8.04. The van der Waals surface area contributed by atoms with Gasteiger partial charge in [0.15, 0.2) is 5.78 Å². The van der Waals surface area contributed by atoms with Crippen molar-refractivity contribution in [2.24, 2.45) is 0 Å². The average Bonchev–Trinajstić information content (AvgIpc) is 3.19. The molecule has 5 nitrogen and oxygen atoms in total. The van der Waals surface area contributed by atoms with Crippen LogP contribution in [-0.2, 0) is 4.74 Å². The summed E-state index contributed by atoms with van der Waals surface area (Å²) in [6, 6.07) is 16.1. The first-order chi connectivity index (χ1) is 16.5. The minimum atomic E-state index is 0.0228. The number of morpholine rings is 1. The van der Waals surface area contributed by atoms with Gasteiger partial charge >= 0.3 is 0 Å². The van der Waals surface area contributed by atoms with Crippen LogP contribution < -0.4 is 4.74 Å². The van der Waals surface area contributed by atoms with Crippen molar-refractivity contribution < 1.29 is 14.3 Å². The van der Waals surface area contributed by atoms with E-state index in [0.717, 1.165) is 74.9 Å². The normalized spacial score (nSPS) is 18.4. The molecule has 0 amide bonds. The van der Waals surface area contributed by atoms with Crippen molar-refractivity contribution in [1.29, 1.82) is 0 Å². The van der Waals surface area contributed by atoms with Gasteiger partial charge in [-0.3, -0.25) is 9.69 Å². The van der Waals surface area contributed by atoms with Gasteiger partial charge in [0.25, 0.3) is 0 Å². The smallest absolute Gasteiger partial charge is 0.194 e. The highest BCUT2D eigenvalue weighted by Gasteiger charge is 2.29. The second-order valence-electron chi connectivity index (χ2n) is 9.02. The molecular weight excluding hydrogens is 560 g/mol. The number of carbonyl (C=O) groups is 1. The van der Waals surface area contributed by atoms with E-state index in [1.54, 1.807) is 0 Å². The van der Waals surface area contributed by atoms with Gasteiger partial charge in [0.2, 0.25) is 0 Å². The molecule has 34 heavy (non-hydrogen) atoms. The van der Waals surface area contributed by atoms with E-state index in [0.29, 0.717) is 17.7 Å². The SMILES string of the molecule is Cc1cc2c(C(=O)c3cccc4c(Br)cc(Br)cc34)ccc3c2n1C(CN1CCOCC1)CO3. The number of ketones is 1. The number of halogens is 2. The monoisotopic (exact) mass is 582 g/mol. The van der Waals surface area contributed by atoms with Crippen molar-refractivity contribution in [3.63, 3.8) is 0 Å². The van der Waals surface area contributed by atoms with E-state index in [-0.39, 0.29) is 11.8 Å². The van der Waals surface area contributed by atoms with Gasteiger partial charge in [0, 0.05) is 50.8 Å². The predicted octanol–water partition coefficient (Wildman–Crippen LogP) is 6.12. The van der Waals surface area contributed by atoms with Gasteiger partial charge in [0.1, 0.15) is 12.4 Å². The highest BCUT2D eigenvalue weighted by atomic mass is 79.9. The van der Waals surface area contributed by atoms with Gasteiger partial charge in [-0.2, -0.15) is 0 Å². The van der Waals surface area contributed by atoms with E-state index < -0.39 is 0 Å². The summed E-state index contributed by atoms with van der Waals surface area (Å²) in [7, 11) is 0. The van der Waals surface area contributed by atoms with Crippen molar-refractivity contribution in [1.82, 2.24) is 9.47 Å². The van der Waals surface area contributed by atoms with Crippen LogP contribution in [0.25, 0.3) is 21.7 Å². The zero-order valence-electron chi connectivity index (χ0n) is 18.8. The molecule has 1 fully saturated rings. The summed E-state index contributed by atoms with van der Waals surface area (Å²) in [6.45, 7) is 7.11. The zero-order valence-corrected chi connectivity index (χ0v) is 22.0. The molecule has 4 aromatic rings. The molecule has 2 aliphatic heterocycles. The molecule has 0 saturated carbocycles. The Morgan fingerprint density at radius 1 is 1.00 bits per heavy atom. The van der Waals surface area contributed by atoms with Gasteiger partial charge < -0.3 is 14.0 Å². The third kappa shape index (κ3) is 3.70. The molecule has 3 heterocycles. The summed E-state index contributed by atoms with van der Waals surface area (Å²) in [5.41, 5.74) is 3.58. The molecule has 0 spiro atoms. The van der Waals surface area contributed by atoms with E-state index >= 15 is 0 Å². The molecule has 0 N–H and O–H groups in total. The summed E-state index contributed by atoms with van der Waals surface area (Å²) in [5, 5.41) is 2.90. The van der Waals surface area contributed by atoms with E-state index in [1.807, 2.05) is 42.5 Å². The van der Waals surface area contributed by atoms with E-state index in [2.05, 4.69) is 54.3 Å². The highest BCUT2D eigenvalue weighted by molar-refractivity contribution is 9.11. The lowest BCUT2D eigenvalue weighted by atomic mass is 9.95. The van der Waals surface area contributed by atoms with Gasteiger partial charge in [-0.15, -0.1) is 0 Å². The Labute approximate surface area is 214 Å². The second kappa shape index (κ2) is 8.79. The van der Waals surface area contributed by atoms with E-state index in [9.17, 15) is 4.79 Å². The molecule has 1 unspecified atom stereocenters. The molecule has 1 aromatic heterocycles. The number of rotatable bonds is 4. The fraction of sp³-hybridized carbons (Fsp3) is 0.296. The van der Waals surface area contributed by atoms with Gasteiger partial charge in [-0.25, -0.2) is 0 Å². The first kappa shape index (κ1) is 22.3. The standard InChI is InChI=1S/C27H24Br2N2O3/c1-16-11-23-21(27(32)20-4-2-3-19-22(20)12-17(28)13-24(19)29)5-6-25-26(23)31(16)18(15-34-25)14-30-7-9-33-10-8-30/h2-6,11-13,18H,7-10,14-15H2,1H3. The zero-order chi connectivity index (χ0) is 23.4. The van der Waals surface area contributed by atoms with Crippen LogP contribution in [0, 0.1) is 6.92 Å². The number of benzene rings is 3. The average molecular weight is 584 g/mol. The van der Waals surface area contributed by atoms with Crippen LogP contribution in [0.2, 0.25) is 0 Å². The first-order valence-electron chi connectivity index (χ1n) is 11.5. The minimum Gasteiger partial charge on any atom is -0.489 e. The maximum absolute atomic E-state index is 13.9. The number of carbonyl (C=O) groups excluding carboxylic acids is 1. The summed E-state index contributed by atoms with van der Waals surface area (Å²) in [4.78, 5) is 16.4. The topological polar surface area (TPSA) is 43.7 Å². The van der Waals surface area contributed by atoms with Crippen LogP contribution in [0.1, 0.15) is 27.7 Å². The van der Waals surface area contributed by atoms with Crippen molar-refractivity contribution in [3.05, 3.63) is 74.3 Å². The number of hydrogen-bond donors (Lipinski definition) is 0. The number of nitrogens with zero attached hydrogens (tertiary/aromatic N) is 2. The molecule has 6 rings (SSSR count). The van der Waals surface area contributed by atoms with Gasteiger partial charge in [0.05, 0.1) is 24.8 Å². The number of aromatic nitrogens is 1. The van der Waals surface area contributed by atoms with Crippen molar-refractivity contribution in [3.8, 4) is 5.75 Å². The van der Waals surface area contributed by atoms with Crippen molar-refractivity contribution in [2.45, 2.75) is 13.0 Å². The Hall–Kier alpha value is -2.19. The summed E-state index contributed by atoms with van der Waals surface area (Å²) in [5.74, 6) is 0.871. The molecule has 0 aliphatic carbocycles. The fourth-order valence-electron chi connectivity index (χ4n) is 5.35. The summed E-state index contributed by atoms with van der Waals surface area (Å²) >= 11 is 7.22. The van der Waals surface area contributed by atoms with Crippen LogP contribution in [0.5, 0.6) is 5.75 Å². The maximum atomic E-state index is 13.9. The van der Waals surface area contributed by atoms with Crippen LogP contribution in [-0.4, -0.2) is 54.7 Å². The van der Waals surface area contributed by atoms with E-state index in [4.69, 9.17) is 9.47 Å².